The smallest absolute Gasteiger partial charge is 0.414 e. The fourth-order valence-corrected chi connectivity index (χ4v) is 3.21. The van der Waals surface area contributed by atoms with Crippen LogP contribution in [-0.2, 0) is 4.79 Å². The number of thiocarbonyl (C=S) groups is 1. The highest BCUT2D eigenvalue weighted by Crippen LogP contribution is 2.37. The van der Waals surface area contributed by atoms with Gasteiger partial charge in [-0.25, -0.2) is 19.5 Å². The second-order valence-corrected chi connectivity index (χ2v) is 5.61. The summed E-state index contributed by atoms with van der Waals surface area (Å²) in [5, 5.41) is 22.1. The van der Waals surface area contributed by atoms with Gasteiger partial charge in [-0.05, 0) is 31.5 Å². The van der Waals surface area contributed by atoms with Crippen LogP contribution in [0.3, 0.4) is 0 Å². The molecule has 0 fully saturated rings. The molecule has 116 valence electrons. The number of nitrogens with zero attached hydrogens (tertiary/aromatic N) is 2. The number of hydrogen-bond acceptors (Lipinski definition) is 5. The van der Waals surface area contributed by atoms with Gasteiger partial charge >= 0.3 is 12.1 Å². The van der Waals surface area contributed by atoms with E-state index in [1.54, 1.807) is 31.5 Å². The summed E-state index contributed by atoms with van der Waals surface area (Å²) in [7, 11) is 0. The van der Waals surface area contributed by atoms with Gasteiger partial charge in [0.2, 0.25) is 0 Å². The van der Waals surface area contributed by atoms with Crippen molar-refractivity contribution in [3.63, 3.8) is 0 Å². The molecule has 0 bridgehead atoms. The Hall–Kier alpha value is -2.13. The number of thioether (sulfide) groups is 1. The summed E-state index contributed by atoms with van der Waals surface area (Å²) in [6.45, 7) is 1.55. The summed E-state index contributed by atoms with van der Waals surface area (Å²) in [5.74, 6) is -1.21. The molecule has 9 heteroatoms. The lowest BCUT2D eigenvalue weighted by Gasteiger charge is -2.36. The highest BCUT2D eigenvalue weighted by molar-refractivity contribution is 7.98. The molecule has 0 saturated heterocycles. The van der Waals surface area contributed by atoms with E-state index in [-0.39, 0.29) is 10.7 Å². The number of carboxylic acids is 1. The van der Waals surface area contributed by atoms with Gasteiger partial charge < -0.3 is 15.5 Å². The van der Waals surface area contributed by atoms with Crippen LogP contribution in [0.25, 0.3) is 0 Å². The molecule has 3 N–H and O–H groups in total. The average Bonchev–Trinajstić information content (AvgIpc) is 2.45. The van der Waals surface area contributed by atoms with Gasteiger partial charge in [-0.3, -0.25) is 0 Å². The normalized spacial score (nSPS) is 18.2. The lowest BCUT2D eigenvalue weighted by molar-refractivity contribution is -0.133. The third-order valence-electron chi connectivity index (χ3n) is 3.17. The van der Waals surface area contributed by atoms with Crippen LogP contribution in [-0.4, -0.2) is 43.5 Å². The quantitative estimate of drug-likeness (QED) is 0.568. The summed E-state index contributed by atoms with van der Waals surface area (Å²) in [6.07, 6.45) is 2.02. The molecule has 1 unspecified atom stereocenters. The molecule has 0 aromatic carbocycles. The van der Waals surface area contributed by atoms with Crippen molar-refractivity contribution in [1.82, 2.24) is 15.2 Å². The van der Waals surface area contributed by atoms with Crippen LogP contribution in [0.15, 0.2) is 34.6 Å². The molecule has 2 rings (SSSR count). The van der Waals surface area contributed by atoms with E-state index < -0.39 is 18.1 Å². The van der Waals surface area contributed by atoms with Gasteiger partial charge in [0.15, 0.2) is 5.11 Å². The zero-order chi connectivity index (χ0) is 16.4. The molecule has 0 aliphatic carbocycles. The van der Waals surface area contributed by atoms with Gasteiger partial charge in [0.1, 0.15) is 11.1 Å². The molecule has 1 aromatic heterocycles. The number of amides is 1. The largest absolute Gasteiger partial charge is 0.478 e. The van der Waals surface area contributed by atoms with E-state index in [1.165, 1.54) is 11.8 Å². The number of carbonyl (C=O) groups is 2. The summed E-state index contributed by atoms with van der Waals surface area (Å²) in [5.41, 5.74) is 0.730. The van der Waals surface area contributed by atoms with Gasteiger partial charge in [-0.1, -0.05) is 6.07 Å². The molecule has 1 aliphatic rings. The van der Waals surface area contributed by atoms with Gasteiger partial charge in [0.05, 0.1) is 5.57 Å². The van der Waals surface area contributed by atoms with E-state index in [2.05, 4.69) is 10.3 Å². The Morgan fingerprint density at radius 1 is 1.45 bits per heavy atom. The number of carboxylic acid groups (broad SMARTS) is 2. The molecule has 1 aromatic rings. The van der Waals surface area contributed by atoms with Crippen molar-refractivity contribution < 1.29 is 19.8 Å². The van der Waals surface area contributed by atoms with Gasteiger partial charge in [0, 0.05) is 17.5 Å². The Morgan fingerprint density at radius 2 is 2.14 bits per heavy atom. The second-order valence-electron chi connectivity index (χ2n) is 4.43. The lowest BCUT2D eigenvalue weighted by atomic mass is 9.95. The predicted molar refractivity (Wildman–Crippen MR) is 84.7 cm³/mol. The minimum Gasteiger partial charge on any atom is -0.478 e. The van der Waals surface area contributed by atoms with E-state index in [0.717, 1.165) is 4.90 Å². The van der Waals surface area contributed by atoms with Crippen molar-refractivity contribution in [3.8, 4) is 0 Å². The summed E-state index contributed by atoms with van der Waals surface area (Å²) in [4.78, 5) is 28.2. The van der Waals surface area contributed by atoms with Crippen LogP contribution in [0.2, 0.25) is 0 Å². The van der Waals surface area contributed by atoms with Crippen LogP contribution < -0.4 is 5.32 Å². The van der Waals surface area contributed by atoms with E-state index in [4.69, 9.17) is 12.2 Å². The maximum Gasteiger partial charge on any atom is 0.414 e. The van der Waals surface area contributed by atoms with Crippen molar-refractivity contribution in [1.29, 1.82) is 0 Å². The van der Waals surface area contributed by atoms with Crippen LogP contribution in [0.5, 0.6) is 0 Å². The molecule has 1 atom stereocenters. The van der Waals surface area contributed by atoms with E-state index in [9.17, 15) is 19.8 Å². The van der Waals surface area contributed by atoms with E-state index >= 15 is 0 Å². The van der Waals surface area contributed by atoms with E-state index in [0.29, 0.717) is 16.3 Å². The molecule has 7 nitrogen and oxygen atoms in total. The van der Waals surface area contributed by atoms with Crippen molar-refractivity contribution >= 4 is 41.2 Å². The van der Waals surface area contributed by atoms with Crippen LogP contribution in [0.4, 0.5) is 4.79 Å². The Bertz CT molecular complexity index is 690. The van der Waals surface area contributed by atoms with Crippen LogP contribution >= 0.6 is 24.0 Å². The molecule has 22 heavy (non-hydrogen) atoms. The van der Waals surface area contributed by atoms with Crippen molar-refractivity contribution in [3.05, 3.63) is 35.2 Å². The number of aliphatic carboxylic acids is 1. The molecule has 1 aliphatic heterocycles. The number of hydrogen-bond donors (Lipinski definition) is 3. The Morgan fingerprint density at radius 3 is 2.68 bits per heavy atom. The standard InChI is InChI=1S/C13H13N3O4S2/c1-6-8(11(17)18)9(16(13(19)20)12(21)15-6)7-4-3-5-14-10(7)22-2/h3-5,9H,1-2H3,(H,15,21)(H,17,18)(H,19,20). The minimum atomic E-state index is -1.33. The fraction of sp³-hybridized carbons (Fsp3) is 0.231. The number of nitrogens with one attached hydrogen (secondary N) is 1. The first-order valence-electron chi connectivity index (χ1n) is 6.14. The third-order valence-corrected chi connectivity index (χ3v) is 4.20. The number of allylic oxidation sites excluding steroid dienone is 1. The first-order chi connectivity index (χ1) is 10.4. The van der Waals surface area contributed by atoms with Crippen LogP contribution in [0.1, 0.15) is 18.5 Å². The Labute approximate surface area is 136 Å². The van der Waals surface area contributed by atoms with Crippen molar-refractivity contribution in [2.45, 2.75) is 18.0 Å². The predicted octanol–water partition coefficient (Wildman–Crippen LogP) is 2.07. The van der Waals surface area contributed by atoms with Crippen LogP contribution in [0, 0.1) is 0 Å². The van der Waals surface area contributed by atoms with Gasteiger partial charge in [-0.15, -0.1) is 11.8 Å². The number of rotatable bonds is 3. The summed E-state index contributed by atoms with van der Waals surface area (Å²) >= 11 is 6.37. The molecule has 0 radical (unpaired) electrons. The highest BCUT2D eigenvalue weighted by atomic mass is 32.2. The third kappa shape index (κ3) is 2.77. The van der Waals surface area contributed by atoms with E-state index in [1.807, 2.05) is 0 Å². The van der Waals surface area contributed by atoms with Crippen molar-refractivity contribution in [2.75, 3.05) is 6.26 Å². The van der Waals surface area contributed by atoms with Gasteiger partial charge in [-0.2, -0.15) is 0 Å². The topological polar surface area (TPSA) is 103 Å². The Balaban J connectivity index is 2.72. The number of aromatic nitrogens is 1. The SMILES string of the molecule is CSc1ncccc1C1C(C(=O)O)=C(C)NC(=S)N1C(=O)O. The second kappa shape index (κ2) is 6.32. The highest BCUT2D eigenvalue weighted by Gasteiger charge is 2.40. The molecule has 1 amide bonds. The average molecular weight is 339 g/mol. The summed E-state index contributed by atoms with van der Waals surface area (Å²) in [6, 6.07) is 2.25. The minimum absolute atomic E-state index is 0.0593. The first kappa shape index (κ1) is 16.2. The van der Waals surface area contributed by atoms with Crippen molar-refractivity contribution in [2.24, 2.45) is 0 Å². The van der Waals surface area contributed by atoms with Gasteiger partial charge in [0.25, 0.3) is 0 Å². The molecular weight excluding hydrogens is 326 g/mol. The zero-order valence-electron chi connectivity index (χ0n) is 11.7. The maximum absolute atomic E-state index is 11.6. The lowest BCUT2D eigenvalue weighted by Crippen LogP contribution is -2.50. The zero-order valence-corrected chi connectivity index (χ0v) is 13.4. The maximum atomic E-state index is 11.6. The molecular formula is C13H13N3O4S2. The molecule has 0 spiro atoms. The monoisotopic (exact) mass is 339 g/mol. The first-order valence-corrected chi connectivity index (χ1v) is 7.77. The summed E-state index contributed by atoms with van der Waals surface area (Å²) < 4.78 is 0. The Kier molecular flexibility index (Phi) is 4.67. The molecule has 2 heterocycles. The fourth-order valence-electron chi connectivity index (χ4n) is 2.29. The number of pyridine rings is 1. The molecule has 0 saturated carbocycles.